The third-order valence-corrected chi connectivity index (χ3v) is 5.70. The molecule has 0 radical (unpaired) electrons. The summed E-state index contributed by atoms with van der Waals surface area (Å²) in [5.41, 5.74) is 3.96. The van der Waals surface area contributed by atoms with E-state index in [-0.39, 0.29) is 6.10 Å². The SMILES string of the molecule is CC(C)c1cnn2c(NCc3ccccc3-n3cccn3)nc(O[C@@H]3CCCNC3)nc12. The second-order valence-corrected chi connectivity index (χ2v) is 8.34. The molecule has 1 aliphatic heterocycles. The fourth-order valence-electron chi connectivity index (χ4n) is 3.99. The fourth-order valence-corrected chi connectivity index (χ4v) is 3.99. The average molecular weight is 433 g/mol. The molecule has 0 bridgehead atoms. The van der Waals surface area contributed by atoms with Gasteiger partial charge in [0.05, 0.1) is 11.9 Å². The van der Waals surface area contributed by atoms with Gasteiger partial charge in [-0.25, -0.2) is 4.68 Å². The Morgan fingerprint density at radius 2 is 2.09 bits per heavy atom. The monoisotopic (exact) mass is 432 g/mol. The van der Waals surface area contributed by atoms with Crippen molar-refractivity contribution in [3.05, 3.63) is 60.0 Å². The van der Waals surface area contributed by atoms with E-state index in [4.69, 9.17) is 9.72 Å². The summed E-state index contributed by atoms with van der Waals surface area (Å²) in [6.07, 6.45) is 7.74. The van der Waals surface area contributed by atoms with Gasteiger partial charge < -0.3 is 15.4 Å². The van der Waals surface area contributed by atoms with E-state index in [1.165, 1.54) is 0 Å². The van der Waals surface area contributed by atoms with Gasteiger partial charge >= 0.3 is 6.01 Å². The summed E-state index contributed by atoms with van der Waals surface area (Å²) in [7, 11) is 0. The van der Waals surface area contributed by atoms with Crippen LogP contribution in [-0.2, 0) is 6.54 Å². The van der Waals surface area contributed by atoms with Crippen LogP contribution in [0.5, 0.6) is 6.01 Å². The smallest absolute Gasteiger partial charge is 0.322 e. The quantitative estimate of drug-likeness (QED) is 0.463. The van der Waals surface area contributed by atoms with E-state index in [0.29, 0.717) is 24.4 Å². The maximum absolute atomic E-state index is 6.16. The van der Waals surface area contributed by atoms with Crippen LogP contribution in [0.4, 0.5) is 5.95 Å². The highest BCUT2D eigenvalue weighted by molar-refractivity contribution is 5.53. The normalized spacial score (nSPS) is 16.5. The molecule has 9 nitrogen and oxygen atoms in total. The molecule has 5 rings (SSSR count). The lowest BCUT2D eigenvalue weighted by atomic mass is 10.1. The number of hydrogen-bond acceptors (Lipinski definition) is 7. The maximum atomic E-state index is 6.16. The molecule has 4 heterocycles. The van der Waals surface area contributed by atoms with Gasteiger partial charge in [-0.15, -0.1) is 0 Å². The molecular weight excluding hydrogens is 404 g/mol. The first-order valence-corrected chi connectivity index (χ1v) is 11.1. The minimum atomic E-state index is 0.0741. The van der Waals surface area contributed by atoms with Crippen LogP contribution in [0.2, 0.25) is 0 Å². The highest BCUT2D eigenvalue weighted by Crippen LogP contribution is 2.24. The van der Waals surface area contributed by atoms with Gasteiger partial charge in [0, 0.05) is 31.0 Å². The number of ether oxygens (including phenoxy) is 1. The molecule has 166 valence electrons. The van der Waals surface area contributed by atoms with Crippen molar-refractivity contribution in [2.75, 3.05) is 18.4 Å². The Kier molecular flexibility index (Phi) is 5.72. The summed E-state index contributed by atoms with van der Waals surface area (Å²) in [6.45, 7) is 6.67. The van der Waals surface area contributed by atoms with Crippen LogP contribution in [-0.4, -0.2) is 48.6 Å². The number of aromatic nitrogens is 6. The lowest BCUT2D eigenvalue weighted by Crippen LogP contribution is -2.37. The average Bonchev–Trinajstić information content (AvgIpc) is 3.49. The third kappa shape index (κ3) is 4.16. The van der Waals surface area contributed by atoms with Gasteiger partial charge in [-0.05, 0) is 43.0 Å². The Labute approximate surface area is 186 Å². The van der Waals surface area contributed by atoms with E-state index >= 15 is 0 Å². The zero-order valence-electron chi connectivity index (χ0n) is 18.4. The summed E-state index contributed by atoms with van der Waals surface area (Å²) >= 11 is 0. The topological polar surface area (TPSA) is 94.2 Å². The third-order valence-electron chi connectivity index (χ3n) is 5.70. The lowest BCUT2D eigenvalue weighted by molar-refractivity contribution is 0.153. The molecule has 2 N–H and O–H groups in total. The van der Waals surface area contributed by atoms with Gasteiger partial charge in [-0.3, -0.25) is 0 Å². The van der Waals surface area contributed by atoms with E-state index < -0.39 is 0 Å². The Morgan fingerprint density at radius 3 is 2.88 bits per heavy atom. The van der Waals surface area contributed by atoms with Crippen LogP contribution in [0.25, 0.3) is 11.3 Å². The molecule has 9 heteroatoms. The van der Waals surface area contributed by atoms with Crippen LogP contribution in [0.1, 0.15) is 43.7 Å². The first-order valence-electron chi connectivity index (χ1n) is 11.1. The molecule has 0 unspecified atom stereocenters. The fraction of sp³-hybridized carbons (Fsp3) is 0.391. The summed E-state index contributed by atoms with van der Waals surface area (Å²) in [5, 5.41) is 15.8. The molecule has 1 aliphatic rings. The first kappa shape index (κ1) is 20.4. The molecule has 0 spiro atoms. The summed E-state index contributed by atoms with van der Waals surface area (Å²) in [6, 6.07) is 10.5. The van der Waals surface area contributed by atoms with Crippen molar-refractivity contribution in [2.45, 2.75) is 45.3 Å². The van der Waals surface area contributed by atoms with E-state index in [1.807, 2.05) is 35.3 Å². The molecule has 1 aromatic carbocycles. The van der Waals surface area contributed by atoms with Crippen LogP contribution >= 0.6 is 0 Å². The van der Waals surface area contributed by atoms with Crippen molar-refractivity contribution >= 4 is 11.6 Å². The predicted octanol–water partition coefficient (Wildman–Crippen LogP) is 3.18. The number of anilines is 1. The molecule has 1 saturated heterocycles. The number of piperidine rings is 1. The lowest BCUT2D eigenvalue weighted by Gasteiger charge is -2.23. The van der Waals surface area contributed by atoms with Crippen molar-refractivity contribution in [3.63, 3.8) is 0 Å². The molecule has 3 aromatic heterocycles. The highest BCUT2D eigenvalue weighted by Gasteiger charge is 2.20. The Hall–Kier alpha value is -3.46. The number of hydrogen-bond donors (Lipinski definition) is 2. The Morgan fingerprint density at radius 1 is 1.19 bits per heavy atom. The highest BCUT2D eigenvalue weighted by atomic mass is 16.5. The minimum absolute atomic E-state index is 0.0741. The van der Waals surface area contributed by atoms with Crippen molar-refractivity contribution in [3.8, 4) is 11.7 Å². The second kappa shape index (κ2) is 8.96. The summed E-state index contributed by atoms with van der Waals surface area (Å²) < 4.78 is 9.79. The van der Waals surface area contributed by atoms with Crippen molar-refractivity contribution < 1.29 is 4.74 Å². The number of fused-ring (bicyclic) bond motifs is 1. The standard InChI is InChI=1S/C23H28N8O/c1-16(2)19-15-27-31-21(19)28-23(32-18-8-5-10-24-14-18)29-22(31)25-13-17-7-3-4-9-20(17)30-12-6-11-26-30/h3-4,6-7,9,11-12,15-16,18,24H,5,8,10,13-14H2,1-2H3,(H,25,28,29)/t18-/m1/s1. The number of benzene rings is 1. The zero-order chi connectivity index (χ0) is 21.9. The van der Waals surface area contributed by atoms with Gasteiger partial charge in [0.25, 0.3) is 0 Å². The number of para-hydroxylation sites is 1. The number of nitrogens with zero attached hydrogens (tertiary/aromatic N) is 6. The zero-order valence-corrected chi connectivity index (χ0v) is 18.4. The van der Waals surface area contributed by atoms with E-state index in [2.05, 4.69) is 51.8 Å². The largest absolute Gasteiger partial charge is 0.459 e. The van der Waals surface area contributed by atoms with E-state index in [1.54, 1.807) is 10.7 Å². The minimum Gasteiger partial charge on any atom is -0.459 e. The molecule has 0 saturated carbocycles. The van der Waals surface area contributed by atoms with E-state index in [9.17, 15) is 0 Å². The number of rotatable bonds is 7. The molecule has 1 atom stereocenters. The van der Waals surface area contributed by atoms with E-state index in [0.717, 1.165) is 48.4 Å². The van der Waals surface area contributed by atoms with Crippen LogP contribution < -0.4 is 15.4 Å². The van der Waals surface area contributed by atoms with Gasteiger partial charge in [-0.1, -0.05) is 32.0 Å². The molecule has 1 fully saturated rings. The maximum Gasteiger partial charge on any atom is 0.322 e. The predicted molar refractivity (Wildman–Crippen MR) is 122 cm³/mol. The van der Waals surface area contributed by atoms with Crippen LogP contribution in [0.3, 0.4) is 0 Å². The molecule has 0 amide bonds. The van der Waals surface area contributed by atoms with Gasteiger partial charge in [0.2, 0.25) is 5.95 Å². The van der Waals surface area contributed by atoms with Crippen molar-refractivity contribution in [2.24, 2.45) is 0 Å². The summed E-state index contributed by atoms with van der Waals surface area (Å²) in [4.78, 5) is 9.39. The number of nitrogens with one attached hydrogen (secondary N) is 2. The van der Waals surface area contributed by atoms with Crippen molar-refractivity contribution in [1.82, 2.24) is 34.7 Å². The molecule has 4 aromatic rings. The van der Waals surface area contributed by atoms with Gasteiger partial charge in [0.1, 0.15) is 6.10 Å². The molecule has 0 aliphatic carbocycles. The van der Waals surface area contributed by atoms with Crippen molar-refractivity contribution in [1.29, 1.82) is 0 Å². The van der Waals surface area contributed by atoms with Gasteiger partial charge in [0.15, 0.2) is 5.65 Å². The Bertz CT molecular complexity index is 1180. The van der Waals surface area contributed by atoms with Crippen LogP contribution in [0, 0.1) is 0 Å². The molecule has 32 heavy (non-hydrogen) atoms. The molecular formula is C23H28N8O. The van der Waals surface area contributed by atoms with Crippen LogP contribution in [0.15, 0.2) is 48.9 Å². The summed E-state index contributed by atoms with van der Waals surface area (Å²) in [5.74, 6) is 0.899. The van der Waals surface area contributed by atoms with Gasteiger partial charge in [-0.2, -0.15) is 24.7 Å². The second-order valence-electron chi connectivity index (χ2n) is 8.34. The first-order chi connectivity index (χ1) is 15.7. The Balaban J connectivity index is 1.46.